The molecule has 0 aliphatic heterocycles. The third-order valence-electron chi connectivity index (χ3n) is 2.98. The molecule has 5 nitrogen and oxygen atoms in total. The number of benzene rings is 1. The lowest BCUT2D eigenvalue weighted by Gasteiger charge is -2.11. The highest BCUT2D eigenvalue weighted by Gasteiger charge is 2.14. The van der Waals surface area contributed by atoms with Crippen LogP contribution in [0.15, 0.2) is 40.8 Å². The molecule has 0 saturated carbocycles. The van der Waals surface area contributed by atoms with E-state index < -0.39 is 12.1 Å². The van der Waals surface area contributed by atoms with Crippen LogP contribution in [-0.2, 0) is 6.54 Å². The second-order valence-corrected chi connectivity index (χ2v) is 4.59. The zero-order valence-electron chi connectivity index (χ0n) is 11.2. The first-order valence-electron chi connectivity index (χ1n) is 6.34. The smallest absolute Gasteiger partial charge is 0.372 e. The lowest BCUT2D eigenvalue weighted by atomic mass is 10.1. The van der Waals surface area contributed by atoms with Crippen LogP contribution in [0.1, 0.15) is 33.5 Å². The molecule has 1 unspecified atom stereocenters. The minimum atomic E-state index is -1.07. The Morgan fingerprint density at radius 1 is 1.35 bits per heavy atom. The van der Waals surface area contributed by atoms with Crippen molar-refractivity contribution in [2.24, 2.45) is 0 Å². The summed E-state index contributed by atoms with van der Waals surface area (Å²) >= 11 is 0. The Bertz CT molecular complexity index is 577. The predicted molar refractivity (Wildman–Crippen MR) is 73.5 cm³/mol. The summed E-state index contributed by atoms with van der Waals surface area (Å²) in [4.78, 5) is 10.8. The Hall–Kier alpha value is -2.11. The molecule has 0 radical (unpaired) electrons. The van der Waals surface area contributed by atoms with Crippen LogP contribution in [0.5, 0.6) is 0 Å². The molecule has 5 heteroatoms. The molecule has 1 atom stereocenters. The molecular weight excluding hydrogens is 258 g/mol. The fraction of sp³-hybridized carbons (Fsp3) is 0.267. The fourth-order valence-corrected chi connectivity index (χ4v) is 1.97. The van der Waals surface area contributed by atoms with Crippen molar-refractivity contribution in [1.29, 1.82) is 0 Å². The molecule has 0 fully saturated rings. The first kappa shape index (κ1) is 14.3. The molecule has 0 bridgehead atoms. The summed E-state index contributed by atoms with van der Waals surface area (Å²) in [7, 11) is 0. The van der Waals surface area contributed by atoms with Crippen LogP contribution in [0, 0.1) is 6.92 Å². The van der Waals surface area contributed by atoms with Crippen molar-refractivity contribution >= 4 is 5.97 Å². The molecule has 106 valence electrons. The van der Waals surface area contributed by atoms with E-state index >= 15 is 0 Å². The highest BCUT2D eigenvalue weighted by atomic mass is 16.4. The minimum Gasteiger partial charge on any atom is -0.475 e. The number of hydrogen-bond donors (Lipinski definition) is 3. The van der Waals surface area contributed by atoms with E-state index in [1.807, 2.05) is 30.3 Å². The van der Waals surface area contributed by atoms with Gasteiger partial charge in [-0.05, 0) is 18.6 Å². The van der Waals surface area contributed by atoms with Gasteiger partial charge < -0.3 is 19.9 Å². The minimum absolute atomic E-state index is 0.0367. The van der Waals surface area contributed by atoms with E-state index in [9.17, 15) is 9.90 Å². The van der Waals surface area contributed by atoms with Crippen LogP contribution in [-0.4, -0.2) is 22.7 Å². The molecule has 20 heavy (non-hydrogen) atoms. The van der Waals surface area contributed by atoms with Crippen molar-refractivity contribution in [2.45, 2.75) is 19.6 Å². The Kier molecular flexibility index (Phi) is 4.55. The van der Waals surface area contributed by atoms with E-state index in [1.54, 1.807) is 13.0 Å². The monoisotopic (exact) mass is 275 g/mol. The van der Waals surface area contributed by atoms with Gasteiger partial charge in [-0.1, -0.05) is 30.3 Å². The third kappa shape index (κ3) is 3.46. The summed E-state index contributed by atoms with van der Waals surface area (Å²) in [6, 6.07) is 11.0. The second kappa shape index (κ2) is 6.36. The fourth-order valence-electron chi connectivity index (χ4n) is 1.97. The van der Waals surface area contributed by atoms with Gasteiger partial charge in [0.1, 0.15) is 5.76 Å². The molecule has 0 aliphatic carbocycles. The highest BCUT2D eigenvalue weighted by molar-refractivity contribution is 5.86. The van der Waals surface area contributed by atoms with Gasteiger partial charge in [-0.25, -0.2) is 4.79 Å². The van der Waals surface area contributed by atoms with Crippen LogP contribution in [0.3, 0.4) is 0 Å². The number of carboxylic acids is 1. The van der Waals surface area contributed by atoms with Crippen LogP contribution >= 0.6 is 0 Å². The third-order valence-corrected chi connectivity index (χ3v) is 2.98. The van der Waals surface area contributed by atoms with Gasteiger partial charge in [0.25, 0.3) is 0 Å². The van der Waals surface area contributed by atoms with Gasteiger partial charge in [0.2, 0.25) is 5.76 Å². The molecule has 0 saturated heterocycles. The summed E-state index contributed by atoms with van der Waals surface area (Å²) in [6.45, 7) is 2.43. The number of carboxylic acid groups (broad SMARTS) is 1. The van der Waals surface area contributed by atoms with Crippen molar-refractivity contribution in [3.8, 4) is 0 Å². The molecule has 1 aromatic heterocycles. The summed E-state index contributed by atoms with van der Waals surface area (Å²) < 4.78 is 5.22. The molecular formula is C15H17NO4. The Morgan fingerprint density at radius 3 is 2.65 bits per heavy atom. The van der Waals surface area contributed by atoms with Crippen molar-refractivity contribution in [3.05, 3.63) is 59.0 Å². The Labute approximate surface area is 116 Å². The van der Waals surface area contributed by atoms with Crippen molar-refractivity contribution in [1.82, 2.24) is 5.32 Å². The quantitative estimate of drug-likeness (QED) is 0.752. The second-order valence-electron chi connectivity index (χ2n) is 4.59. The zero-order valence-corrected chi connectivity index (χ0v) is 11.2. The average Bonchev–Trinajstić information content (AvgIpc) is 2.81. The van der Waals surface area contributed by atoms with E-state index in [1.165, 1.54) is 0 Å². The maximum absolute atomic E-state index is 10.8. The topological polar surface area (TPSA) is 82.7 Å². The number of rotatable bonds is 6. The van der Waals surface area contributed by atoms with Gasteiger partial charge in [0.05, 0.1) is 12.6 Å². The molecule has 2 rings (SSSR count). The van der Waals surface area contributed by atoms with E-state index in [-0.39, 0.29) is 5.76 Å². The maximum atomic E-state index is 10.8. The van der Waals surface area contributed by atoms with Crippen LogP contribution < -0.4 is 5.32 Å². The number of carbonyl (C=O) groups is 1. The zero-order chi connectivity index (χ0) is 14.5. The van der Waals surface area contributed by atoms with Crippen LogP contribution in [0.4, 0.5) is 0 Å². The van der Waals surface area contributed by atoms with Crippen LogP contribution in [0.2, 0.25) is 0 Å². The summed E-state index contributed by atoms with van der Waals surface area (Å²) in [5.74, 6) is -0.566. The van der Waals surface area contributed by atoms with Gasteiger partial charge in [0.15, 0.2) is 0 Å². The molecule has 0 spiro atoms. The number of aliphatic hydroxyl groups is 1. The molecule has 1 aromatic carbocycles. The van der Waals surface area contributed by atoms with Gasteiger partial charge in [-0.3, -0.25) is 0 Å². The summed E-state index contributed by atoms with van der Waals surface area (Å²) in [5.41, 5.74) is 1.43. The van der Waals surface area contributed by atoms with E-state index in [2.05, 4.69) is 5.32 Å². The lowest BCUT2D eigenvalue weighted by Crippen LogP contribution is -2.20. The van der Waals surface area contributed by atoms with E-state index in [0.29, 0.717) is 24.4 Å². The molecule has 0 amide bonds. The highest BCUT2D eigenvalue weighted by Crippen LogP contribution is 2.15. The van der Waals surface area contributed by atoms with Crippen molar-refractivity contribution in [3.63, 3.8) is 0 Å². The van der Waals surface area contributed by atoms with Crippen molar-refractivity contribution < 1.29 is 19.4 Å². The van der Waals surface area contributed by atoms with Gasteiger partial charge in [0, 0.05) is 12.1 Å². The number of nitrogens with one attached hydrogen (secondary N) is 1. The standard InChI is InChI=1S/C15H17NO4/c1-10-7-12(20-14(10)15(18)19)8-16-9-13(17)11-5-3-2-4-6-11/h2-7,13,16-17H,8-9H2,1H3,(H,18,19). The average molecular weight is 275 g/mol. The number of aliphatic hydroxyl groups excluding tert-OH is 1. The molecule has 1 heterocycles. The summed E-state index contributed by atoms with van der Waals surface area (Å²) in [6.07, 6.45) is -0.605. The van der Waals surface area contributed by atoms with Gasteiger partial charge >= 0.3 is 5.97 Å². The number of hydrogen-bond acceptors (Lipinski definition) is 4. The normalized spacial score (nSPS) is 12.3. The predicted octanol–water partition coefficient (Wildman–Crippen LogP) is 2.11. The Morgan fingerprint density at radius 2 is 2.05 bits per heavy atom. The van der Waals surface area contributed by atoms with Crippen molar-refractivity contribution in [2.75, 3.05) is 6.54 Å². The summed E-state index contributed by atoms with van der Waals surface area (Å²) in [5, 5.41) is 21.9. The molecule has 0 aliphatic rings. The number of furan rings is 1. The van der Waals surface area contributed by atoms with E-state index in [0.717, 1.165) is 5.56 Å². The Balaban J connectivity index is 1.87. The maximum Gasteiger partial charge on any atom is 0.372 e. The number of aromatic carboxylic acids is 1. The first-order chi connectivity index (χ1) is 9.58. The largest absolute Gasteiger partial charge is 0.475 e. The van der Waals surface area contributed by atoms with Crippen LogP contribution in [0.25, 0.3) is 0 Å². The van der Waals surface area contributed by atoms with Gasteiger partial charge in [-0.15, -0.1) is 0 Å². The SMILES string of the molecule is Cc1cc(CNCC(O)c2ccccc2)oc1C(=O)O. The van der Waals surface area contributed by atoms with Gasteiger partial charge in [-0.2, -0.15) is 0 Å². The number of aryl methyl sites for hydroxylation is 1. The first-order valence-corrected chi connectivity index (χ1v) is 6.34. The molecule has 2 aromatic rings. The molecule has 3 N–H and O–H groups in total. The van der Waals surface area contributed by atoms with E-state index in [4.69, 9.17) is 9.52 Å². The lowest BCUT2D eigenvalue weighted by molar-refractivity contribution is 0.0658.